The number of nitrogens with zero attached hydrogens (tertiary/aromatic N) is 9. The van der Waals surface area contributed by atoms with Crippen LogP contribution in [-0.4, -0.2) is 102 Å². The SMILES string of the molecule is CC(C)c1c(NC(=O)Nc2cnc(-c3noc(C4CCC(CN5CCN(c6ccc7c(c6)CN(C6CCC(=O)NC6=O)C7=O)CC5)CC4)n3)c(Cl)c2)cnc2ccnn12. The molecule has 59 heavy (non-hydrogen) atoms. The number of hydrogen-bond donors (Lipinski definition) is 3. The molecule has 306 valence electrons. The number of anilines is 3. The van der Waals surface area contributed by atoms with E-state index in [-0.39, 0.29) is 35.1 Å². The molecule has 0 bridgehead atoms. The van der Waals surface area contributed by atoms with Crippen LogP contribution < -0.4 is 20.9 Å². The highest BCUT2D eigenvalue weighted by molar-refractivity contribution is 6.33. The van der Waals surface area contributed by atoms with Crippen molar-refractivity contribution < 1.29 is 23.7 Å². The summed E-state index contributed by atoms with van der Waals surface area (Å²) in [4.78, 5) is 70.2. The fourth-order valence-electron chi connectivity index (χ4n) is 8.90. The molecule has 1 saturated carbocycles. The second kappa shape index (κ2) is 16.0. The van der Waals surface area contributed by atoms with Crippen LogP contribution in [0.2, 0.25) is 5.02 Å². The predicted molar refractivity (Wildman–Crippen MR) is 218 cm³/mol. The summed E-state index contributed by atoms with van der Waals surface area (Å²) in [5.41, 5.74) is 5.50. The third-order valence-electron chi connectivity index (χ3n) is 12.0. The van der Waals surface area contributed by atoms with Crippen LogP contribution in [-0.2, 0) is 16.1 Å². The third-order valence-corrected chi connectivity index (χ3v) is 12.2. The van der Waals surface area contributed by atoms with E-state index in [0.717, 1.165) is 75.4 Å². The molecule has 17 nitrogen and oxygen atoms in total. The minimum Gasteiger partial charge on any atom is -0.369 e. The Kier molecular flexibility index (Phi) is 10.5. The van der Waals surface area contributed by atoms with E-state index in [0.29, 0.717) is 58.9 Å². The zero-order valence-corrected chi connectivity index (χ0v) is 33.6. The van der Waals surface area contributed by atoms with Gasteiger partial charge in [0.05, 0.1) is 40.7 Å². The Morgan fingerprint density at radius 1 is 0.983 bits per heavy atom. The quantitative estimate of drug-likeness (QED) is 0.159. The number of urea groups is 1. The van der Waals surface area contributed by atoms with Crippen LogP contribution in [0.1, 0.15) is 91.7 Å². The first-order valence-corrected chi connectivity index (χ1v) is 20.6. The first-order valence-electron chi connectivity index (χ1n) is 20.2. The van der Waals surface area contributed by atoms with Crippen molar-refractivity contribution in [3.63, 3.8) is 0 Å². The highest BCUT2D eigenvalue weighted by Gasteiger charge is 2.39. The lowest BCUT2D eigenvalue weighted by molar-refractivity contribution is -0.136. The Balaban J connectivity index is 0.739. The van der Waals surface area contributed by atoms with E-state index in [4.69, 9.17) is 16.1 Å². The molecule has 1 aliphatic carbocycles. The van der Waals surface area contributed by atoms with Gasteiger partial charge in [-0.3, -0.25) is 24.6 Å². The van der Waals surface area contributed by atoms with E-state index in [1.807, 2.05) is 32.0 Å². The Morgan fingerprint density at radius 2 is 1.80 bits per heavy atom. The number of carbonyl (C=O) groups is 4. The molecule has 1 atom stereocenters. The number of aromatic nitrogens is 6. The minimum absolute atomic E-state index is 0.0824. The number of halogens is 1. The van der Waals surface area contributed by atoms with Gasteiger partial charge in [0.2, 0.25) is 23.5 Å². The predicted octanol–water partition coefficient (Wildman–Crippen LogP) is 5.45. The van der Waals surface area contributed by atoms with Crippen molar-refractivity contribution in [3.05, 3.63) is 76.7 Å². The van der Waals surface area contributed by atoms with Crippen molar-refractivity contribution in [2.24, 2.45) is 5.92 Å². The van der Waals surface area contributed by atoms with Gasteiger partial charge in [-0.2, -0.15) is 10.1 Å². The summed E-state index contributed by atoms with van der Waals surface area (Å²) in [6, 6.07) is 8.31. The fourth-order valence-corrected chi connectivity index (χ4v) is 9.15. The van der Waals surface area contributed by atoms with Crippen molar-refractivity contribution >= 4 is 58.1 Å². The molecule has 3 fully saturated rings. The third kappa shape index (κ3) is 7.83. The van der Waals surface area contributed by atoms with Crippen LogP contribution >= 0.6 is 11.6 Å². The first kappa shape index (κ1) is 38.6. The maximum atomic E-state index is 13.1. The Labute approximate surface area is 344 Å². The van der Waals surface area contributed by atoms with Gasteiger partial charge in [-0.05, 0) is 73.8 Å². The van der Waals surface area contributed by atoms with Gasteiger partial charge in [0, 0.05) is 68.9 Å². The standard InChI is InChI=1S/C41H45ClN12O5/c1-23(2)36-31(20-43-33-11-12-45-54(33)36)47-41(58)46-27-18-30(42)35(44-19-27)37-49-39(59-50-37)25-5-3-24(4-6-25)21-51-13-15-52(16-14-51)28-7-8-29-26(17-28)22-53(40(29)57)32-9-10-34(55)48-38(32)56/h7-8,11-12,17-20,23-25,32H,3-6,9-10,13-16,21-22H2,1-2H3,(H2,46,47,58)(H,48,55,56). The molecule has 1 unspecified atom stereocenters. The van der Waals surface area contributed by atoms with E-state index in [2.05, 4.69) is 57.0 Å². The molecule has 5 amide bonds. The molecule has 1 aromatic carbocycles. The van der Waals surface area contributed by atoms with Gasteiger partial charge in [0.1, 0.15) is 11.7 Å². The molecule has 3 N–H and O–H groups in total. The summed E-state index contributed by atoms with van der Waals surface area (Å²) in [6.45, 7) is 9.17. The molecule has 2 saturated heterocycles. The zero-order valence-electron chi connectivity index (χ0n) is 32.9. The van der Waals surface area contributed by atoms with E-state index in [1.54, 1.807) is 27.9 Å². The van der Waals surface area contributed by atoms with Crippen molar-refractivity contribution in [2.45, 2.75) is 76.8 Å². The van der Waals surface area contributed by atoms with Crippen molar-refractivity contribution in [3.8, 4) is 11.5 Å². The number of imide groups is 1. The van der Waals surface area contributed by atoms with Crippen molar-refractivity contribution in [1.29, 1.82) is 0 Å². The van der Waals surface area contributed by atoms with Crippen LogP contribution in [0.25, 0.3) is 17.2 Å². The van der Waals surface area contributed by atoms with E-state index in [9.17, 15) is 19.2 Å². The Hall–Kier alpha value is -5.94. The van der Waals surface area contributed by atoms with E-state index in [1.165, 1.54) is 6.20 Å². The molecule has 18 heteroatoms. The van der Waals surface area contributed by atoms with E-state index >= 15 is 0 Å². The smallest absolute Gasteiger partial charge is 0.323 e. The maximum Gasteiger partial charge on any atom is 0.323 e. The van der Waals surface area contributed by atoms with Crippen molar-refractivity contribution in [2.75, 3.05) is 48.3 Å². The highest BCUT2D eigenvalue weighted by Crippen LogP contribution is 2.37. The molecule has 7 heterocycles. The summed E-state index contributed by atoms with van der Waals surface area (Å²) in [7, 11) is 0. The number of rotatable bonds is 9. The van der Waals surface area contributed by atoms with Crippen LogP contribution in [0.4, 0.5) is 21.9 Å². The maximum absolute atomic E-state index is 13.1. The summed E-state index contributed by atoms with van der Waals surface area (Å²) < 4.78 is 7.45. The fraction of sp³-hybridized carbons (Fsp3) is 0.439. The summed E-state index contributed by atoms with van der Waals surface area (Å²) in [5.74, 6) is 0.898. The topological polar surface area (TPSA) is 196 Å². The number of nitrogens with one attached hydrogen (secondary N) is 3. The van der Waals surface area contributed by atoms with Gasteiger partial charge >= 0.3 is 6.03 Å². The number of fused-ring (bicyclic) bond motifs is 2. The van der Waals surface area contributed by atoms with Gasteiger partial charge in [0.15, 0.2) is 5.65 Å². The van der Waals surface area contributed by atoms with Gasteiger partial charge in [-0.15, -0.1) is 0 Å². The monoisotopic (exact) mass is 820 g/mol. The van der Waals surface area contributed by atoms with E-state index < -0.39 is 18.0 Å². The van der Waals surface area contributed by atoms with Crippen LogP contribution in [0.15, 0.2) is 53.4 Å². The molecular weight excluding hydrogens is 776 g/mol. The first-order chi connectivity index (χ1) is 28.6. The largest absolute Gasteiger partial charge is 0.369 e. The lowest BCUT2D eigenvalue weighted by Crippen LogP contribution is -2.52. The molecule has 3 aliphatic heterocycles. The molecule has 0 spiro atoms. The molecule has 4 aromatic heterocycles. The molecule has 5 aromatic rings. The molecule has 4 aliphatic rings. The second-order valence-electron chi connectivity index (χ2n) is 16.1. The van der Waals surface area contributed by atoms with Crippen molar-refractivity contribution in [1.82, 2.24) is 44.8 Å². The number of hydrogen-bond acceptors (Lipinski definition) is 12. The van der Waals surface area contributed by atoms with Crippen LogP contribution in [0.3, 0.4) is 0 Å². The highest BCUT2D eigenvalue weighted by atomic mass is 35.5. The summed E-state index contributed by atoms with van der Waals surface area (Å²) in [6.07, 6.45) is 9.44. The number of pyridine rings is 1. The van der Waals surface area contributed by atoms with Gasteiger partial charge in [0.25, 0.3) is 5.91 Å². The molecule has 9 rings (SSSR count). The lowest BCUT2D eigenvalue weighted by Gasteiger charge is -2.39. The Bertz CT molecular complexity index is 2430. The number of carbonyl (C=O) groups excluding carboxylic acids is 4. The van der Waals surface area contributed by atoms with Crippen LogP contribution in [0, 0.1) is 5.92 Å². The zero-order chi connectivity index (χ0) is 40.8. The molecule has 0 radical (unpaired) electrons. The molecular formula is C41H45ClN12O5. The van der Waals surface area contributed by atoms with Gasteiger partial charge < -0.3 is 25.0 Å². The number of benzene rings is 1. The number of piperazine rings is 1. The summed E-state index contributed by atoms with van der Waals surface area (Å²) in [5, 5.41) is 16.9. The number of amides is 5. The number of piperidine rings is 1. The summed E-state index contributed by atoms with van der Waals surface area (Å²) >= 11 is 6.63. The lowest BCUT2D eigenvalue weighted by atomic mass is 9.81. The normalized spacial score (nSPS) is 21.3. The van der Waals surface area contributed by atoms with Crippen LogP contribution in [0.5, 0.6) is 0 Å². The average Bonchev–Trinajstić information content (AvgIpc) is 3.98. The Morgan fingerprint density at radius 3 is 2.56 bits per heavy atom. The second-order valence-corrected chi connectivity index (χ2v) is 16.6. The average molecular weight is 821 g/mol. The minimum atomic E-state index is -0.611. The van der Waals surface area contributed by atoms with Gasteiger partial charge in [-0.1, -0.05) is 30.6 Å². The van der Waals surface area contributed by atoms with Gasteiger partial charge in [-0.25, -0.2) is 19.3 Å².